The molecule has 7 rings (SSSR count). The van der Waals surface area contributed by atoms with Gasteiger partial charge in [0.05, 0.1) is 27.5 Å². The van der Waals surface area contributed by atoms with Gasteiger partial charge in [0.1, 0.15) is 17.8 Å². The Kier molecular flexibility index (Phi) is 5.41. The molecule has 0 bridgehead atoms. The summed E-state index contributed by atoms with van der Waals surface area (Å²) >= 11 is 1.38. The van der Waals surface area contributed by atoms with E-state index in [2.05, 4.69) is 26.3 Å². The van der Waals surface area contributed by atoms with E-state index in [1.54, 1.807) is 0 Å². The lowest BCUT2D eigenvalue weighted by Gasteiger charge is -2.30. The zero-order chi connectivity index (χ0) is 26.7. The molecule has 4 aromatic heterocycles. The molecule has 2 aromatic carbocycles. The molecule has 1 saturated carbocycles. The molecule has 1 fully saturated rings. The summed E-state index contributed by atoms with van der Waals surface area (Å²) in [6.07, 6.45) is 5.14. The number of benzene rings is 2. The third-order valence-corrected chi connectivity index (χ3v) is 8.47. The molecule has 1 aliphatic carbocycles. The van der Waals surface area contributed by atoms with Crippen molar-refractivity contribution < 1.29 is 4.79 Å². The van der Waals surface area contributed by atoms with Crippen LogP contribution < -0.4 is 16.6 Å². The number of aromatic nitrogens is 6. The summed E-state index contributed by atoms with van der Waals surface area (Å²) < 4.78 is 4.67. The first-order valence-electron chi connectivity index (χ1n) is 12.7. The highest BCUT2D eigenvalue weighted by atomic mass is 32.1. The number of aryl methyl sites for hydroxylation is 1. The Hall–Kier alpha value is -4.64. The lowest BCUT2D eigenvalue weighted by molar-refractivity contribution is -0.105. The average molecular weight is 537 g/mol. The first-order valence-corrected chi connectivity index (χ1v) is 13.6. The monoisotopic (exact) mass is 536 g/mol. The molecular weight excluding hydrogens is 512 g/mol. The number of nitrogen functional groups attached to an aromatic ring is 1. The second-order valence-corrected chi connectivity index (χ2v) is 10.9. The summed E-state index contributed by atoms with van der Waals surface area (Å²) in [4.78, 5) is 37.8. The summed E-state index contributed by atoms with van der Waals surface area (Å²) in [5.41, 5.74) is 11.1. The van der Waals surface area contributed by atoms with Gasteiger partial charge in [-0.25, -0.2) is 19.6 Å². The van der Waals surface area contributed by atoms with E-state index in [-0.39, 0.29) is 11.6 Å². The second-order valence-electron chi connectivity index (χ2n) is 9.86. The Balaban J connectivity index is 1.40. The number of thiazole rings is 1. The van der Waals surface area contributed by atoms with Crippen LogP contribution >= 0.6 is 11.3 Å². The SMILES string of the molecule is Cc1cccc2cc(Cn3nc(-c4ccc5nc(NC=O)sc5c4)c4c(N)ncnc43)n(C3CCC3)c(=O)c12. The van der Waals surface area contributed by atoms with Crippen molar-refractivity contribution in [2.24, 2.45) is 0 Å². The van der Waals surface area contributed by atoms with Crippen LogP contribution in [0.1, 0.15) is 36.6 Å². The Labute approximate surface area is 226 Å². The number of carbonyl (C=O) groups excluding carboxylic acids is 1. The van der Waals surface area contributed by atoms with Gasteiger partial charge < -0.3 is 15.6 Å². The maximum Gasteiger partial charge on any atom is 0.259 e. The maximum absolute atomic E-state index is 13.8. The number of fused-ring (bicyclic) bond motifs is 3. The number of anilines is 2. The van der Waals surface area contributed by atoms with Gasteiger partial charge in [0.2, 0.25) is 6.41 Å². The summed E-state index contributed by atoms with van der Waals surface area (Å²) in [7, 11) is 0. The maximum atomic E-state index is 13.8. The third-order valence-electron chi connectivity index (χ3n) is 7.52. The van der Waals surface area contributed by atoms with Crippen molar-refractivity contribution in [3.05, 3.63) is 70.4 Å². The van der Waals surface area contributed by atoms with E-state index in [4.69, 9.17) is 10.8 Å². The van der Waals surface area contributed by atoms with Crippen molar-refractivity contribution in [2.75, 3.05) is 11.1 Å². The number of hydrogen-bond acceptors (Lipinski definition) is 8. The Morgan fingerprint density at radius 2 is 2.03 bits per heavy atom. The summed E-state index contributed by atoms with van der Waals surface area (Å²) in [5, 5.41) is 10.5. The molecule has 10 nitrogen and oxygen atoms in total. The average Bonchev–Trinajstić information content (AvgIpc) is 3.46. The third kappa shape index (κ3) is 3.76. The molecule has 1 aliphatic rings. The molecule has 0 spiro atoms. The molecule has 6 aromatic rings. The molecule has 3 N–H and O–H groups in total. The van der Waals surface area contributed by atoms with E-state index in [0.717, 1.165) is 57.1 Å². The van der Waals surface area contributed by atoms with Crippen LogP contribution in [0.25, 0.3) is 43.3 Å². The molecule has 0 saturated heterocycles. The number of amides is 1. The number of nitrogens with two attached hydrogens (primary N) is 1. The quantitative estimate of drug-likeness (QED) is 0.296. The van der Waals surface area contributed by atoms with Crippen LogP contribution in [-0.2, 0) is 11.3 Å². The van der Waals surface area contributed by atoms with E-state index in [1.165, 1.54) is 17.7 Å². The van der Waals surface area contributed by atoms with Gasteiger partial charge in [-0.15, -0.1) is 0 Å². The molecule has 0 atom stereocenters. The zero-order valence-electron chi connectivity index (χ0n) is 21.1. The number of rotatable bonds is 6. The predicted molar refractivity (Wildman–Crippen MR) is 153 cm³/mol. The first-order chi connectivity index (χ1) is 19.0. The van der Waals surface area contributed by atoms with Crippen molar-refractivity contribution in [2.45, 2.75) is 38.8 Å². The van der Waals surface area contributed by atoms with Gasteiger partial charge in [0.15, 0.2) is 10.8 Å². The fourth-order valence-electron chi connectivity index (χ4n) is 5.45. The lowest BCUT2D eigenvalue weighted by Crippen LogP contribution is -2.32. The van der Waals surface area contributed by atoms with Crippen molar-refractivity contribution in [3.8, 4) is 11.3 Å². The number of hydrogen-bond donors (Lipinski definition) is 2. The number of nitrogens with one attached hydrogen (secondary N) is 1. The summed E-state index contributed by atoms with van der Waals surface area (Å²) in [6.45, 7) is 2.35. The fraction of sp³-hybridized carbons (Fsp3) is 0.214. The number of pyridine rings is 1. The van der Waals surface area contributed by atoms with Crippen LogP contribution in [0.4, 0.5) is 10.9 Å². The van der Waals surface area contributed by atoms with Crippen LogP contribution in [0, 0.1) is 6.92 Å². The molecule has 194 valence electrons. The molecule has 1 amide bonds. The number of nitrogens with zero attached hydrogens (tertiary/aromatic N) is 6. The van der Waals surface area contributed by atoms with E-state index in [1.807, 2.05) is 52.6 Å². The highest BCUT2D eigenvalue weighted by molar-refractivity contribution is 7.22. The molecular formula is C28H24N8O2S. The van der Waals surface area contributed by atoms with E-state index in [9.17, 15) is 9.59 Å². The van der Waals surface area contributed by atoms with Gasteiger partial charge >= 0.3 is 0 Å². The zero-order valence-corrected chi connectivity index (χ0v) is 21.9. The predicted octanol–water partition coefficient (Wildman–Crippen LogP) is 4.65. The van der Waals surface area contributed by atoms with Crippen molar-refractivity contribution in [1.82, 2.24) is 29.3 Å². The minimum atomic E-state index is 0.0477. The molecule has 0 unspecified atom stereocenters. The fourth-order valence-corrected chi connectivity index (χ4v) is 6.31. The Morgan fingerprint density at radius 3 is 2.82 bits per heavy atom. The molecule has 11 heteroatoms. The largest absolute Gasteiger partial charge is 0.383 e. The van der Waals surface area contributed by atoms with Gasteiger partial charge in [-0.2, -0.15) is 5.10 Å². The van der Waals surface area contributed by atoms with Gasteiger partial charge in [-0.3, -0.25) is 9.59 Å². The first kappa shape index (κ1) is 23.5. The van der Waals surface area contributed by atoms with Crippen LogP contribution in [0.2, 0.25) is 0 Å². The van der Waals surface area contributed by atoms with Gasteiger partial charge in [0, 0.05) is 17.3 Å². The van der Waals surface area contributed by atoms with Crippen LogP contribution in [0.5, 0.6) is 0 Å². The van der Waals surface area contributed by atoms with Crippen molar-refractivity contribution in [3.63, 3.8) is 0 Å². The highest BCUT2D eigenvalue weighted by Gasteiger charge is 2.26. The van der Waals surface area contributed by atoms with E-state index < -0.39 is 0 Å². The van der Waals surface area contributed by atoms with Crippen molar-refractivity contribution in [1.29, 1.82) is 0 Å². The molecule has 0 radical (unpaired) electrons. The van der Waals surface area contributed by atoms with Crippen molar-refractivity contribution >= 4 is 60.7 Å². The highest BCUT2D eigenvalue weighted by Crippen LogP contribution is 2.36. The normalized spacial score (nSPS) is 13.8. The number of carbonyl (C=O) groups is 1. The second kappa shape index (κ2) is 8.98. The minimum Gasteiger partial charge on any atom is -0.383 e. The molecule has 39 heavy (non-hydrogen) atoms. The Bertz CT molecular complexity index is 1990. The standard InChI is InChI=1S/C28H24N8O2S/c1-15-4-2-5-16-10-19(36(18-6-3-7-18)27(38)22(15)16)12-35-26-23(25(29)30-13-31-26)24(34-35)17-8-9-20-21(11-17)39-28(33-20)32-14-37/h2,4-5,8-11,13-14,18H,3,6-7,12H2,1H3,(H2,29,30,31)(H,32,33,37). The lowest BCUT2D eigenvalue weighted by atomic mass is 9.91. The van der Waals surface area contributed by atoms with Crippen LogP contribution in [0.3, 0.4) is 0 Å². The molecule has 4 heterocycles. The Morgan fingerprint density at radius 1 is 1.15 bits per heavy atom. The molecule has 0 aliphatic heterocycles. The summed E-state index contributed by atoms with van der Waals surface area (Å²) in [6, 6.07) is 14.0. The van der Waals surface area contributed by atoms with E-state index >= 15 is 0 Å². The van der Waals surface area contributed by atoms with Gasteiger partial charge in [-0.1, -0.05) is 35.6 Å². The van der Waals surface area contributed by atoms with Gasteiger partial charge in [-0.05, 0) is 55.3 Å². The smallest absolute Gasteiger partial charge is 0.259 e. The topological polar surface area (TPSA) is 134 Å². The van der Waals surface area contributed by atoms with Gasteiger partial charge in [0.25, 0.3) is 5.56 Å². The van der Waals surface area contributed by atoms with Crippen LogP contribution in [-0.4, -0.2) is 35.7 Å². The minimum absolute atomic E-state index is 0.0477. The summed E-state index contributed by atoms with van der Waals surface area (Å²) in [5.74, 6) is 0.333. The van der Waals surface area contributed by atoms with E-state index in [0.29, 0.717) is 40.6 Å². The van der Waals surface area contributed by atoms with Crippen LogP contribution in [0.15, 0.2) is 53.6 Å².